The smallest absolute Gasteiger partial charge is 0.253 e. The van der Waals surface area contributed by atoms with Crippen molar-refractivity contribution in [3.05, 3.63) is 57.0 Å². The third kappa shape index (κ3) is 3.68. The van der Waals surface area contributed by atoms with Crippen molar-refractivity contribution in [2.24, 2.45) is 0 Å². The maximum absolute atomic E-state index is 12.4. The molecule has 0 aliphatic carbocycles. The fraction of sp³-hybridized carbons (Fsp3) is 0.278. The molecule has 126 valence electrons. The fourth-order valence-electron chi connectivity index (χ4n) is 2.53. The van der Waals surface area contributed by atoms with Gasteiger partial charge in [-0.25, -0.2) is 0 Å². The highest BCUT2D eigenvalue weighted by Gasteiger charge is 2.19. The van der Waals surface area contributed by atoms with E-state index in [1.807, 2.05) is 19.1 Å². The van der Waals surface area contributed by atoms with Crippen LogP contribution in [-0.2, 0) is 0 Å². The van der Waals surface area contributed by atoms with E-state index < -0.39 is 0 Å². The lowest BCUT2D eigenvalue weighted by atomic mass is 10.1. The zero-order valence-corrected chi connectivity index (χ0v) is 15.5. The number of fused-ring (bicyclic) bond motifs is 1. The zero-order chi connectivity index (χ0) is 17.1. The molecule has 4 nitrogen and oxygen atoms in total. The van der Waals surface area contributed by atoms with Crippen molar-refractivity contribution in [1.29, 1.82) is 0 Å². The minimum absolute atomic E-state index is 0.216. The molecule has 0 aromatic heterocycles. The summed E-state index contributed by atoms with van der Waals surface area (Å²) in [6, 6.07) is 10.5. The second-order valence-corrected chi connectivity index (χ2v) is 6.81. The molecular formula is C18H17BrClNO3. The average Bonchev–Trinajstić information content (AvgIpc) is 2.79. The van der Waals surface area contributed by atoms with Crippen LogP contribution in [0, 0.1) is 0 Å². The van der Waals surface area contributed by atoms with Gasteiger partial charge in [0.25, 0.3) is 5.91 Å². The normalized spacial score (nSPS) is 14.6. The Morgan fingerprint density at radius 1 is 1.21 bits per heavy atom. The molecule has 0 radical (unpaired) electrons. The molecule has 0 spiro atoms. The molecule has 1 N–H and O–H groups in total. The first-order valence-corrected chi connectivity index (χ1v) is 8.88. The molecular weight excluding hydrogens is 394 g/mol. The SMILES string of the molecule is C[C@H](NC(=O)c1ccccc1Cl)c1cc2c(cc1Br)OCCCO2. The van der Waals surface area contributed by atoms with Gasteiger partial charge >= 0.3 is 0 Å². The number of amides is 1. The molecule has 1 aliphatic heterocycles. The average molecular weight is 411 g/mol. The molecule has 1 atom stereocenters. The first kappa shape index (κ1) is 17.1. The van der Waals surface area contributed by atoms with Crippen molar-refractivity contribution in [3.8, 4) is 11.5 Å². The molecule has 1 aliphatic rings. The van der Waals surface area contributed by atoms with E-state index in [1.165, 1.54) is 0 Å². The van der Waals surface area contributed by atoms with Gasteiger partial charge in [0.15, 0.2) is 11.5 Å². The Kier molecular flexibility index (Phi) is 5.31. The molecule has 24 heavy (non-hydrogen) atoms. The predicted molar refractivity (Wildman–Crippen MR) is 97.1 cm³/mol. The van der Waals surface area contributed by atoms with E-state index in [0.29, 0.717) is 35.3 Å². The molecule has 1 heterocycles. The van der Waals surface area contributed by atoms with E-state index in [4.69, 9.17) is 21.1 Å². The van der Waals surface area contributed by atoms with Crippen LogP contribution in [0.1, 0.15) is 35.3 Å². The quantitative estimate of drug-likeness (QED) is 0.794. The number of hydrogen-bond acceptors (Lipinski definition) is 3. The summed E-state index contributed by atoms with van der Waals surface area (Å²) in [5, 5.41) is 3.40. The highest BCUT2D eigenvalue weighted by Crippen LogP contribution is 2.37. The maximum Gasteiger partial charge on any atom is 0.253 e. The topological polar surface area (TPSA) is 47.6 Å². The van der Waals surface area contributed by atoms with Crippen LogP contribution >= 0.6 is 27.5 Å². The third-order valence-corrected chi connectivity index (χ3v) is 4.82. The van der Waals surface area contributed by atoms with Gasteiger partial charge in [0.05, 0.1) is 29.8 Å². The molecule has 0 fully saturated rings. The Bertz CT molecular complexity index is 766. The van der Waals surface area contributed by atoms with Gasteiger partial charge < -0.3 is 14.8 Å². The lowest BCUT2D eigenvalue weighted by Gasteiger charge is -2.18. The van der Waals surface area contributed by atoms with Gasteiger partial charge in [0.2, 0.25) is 0 Å². The van der Waals surface area contributed by atoms with E-state index in [1.54, 1.807) is 24.3 Å². The van der Waals surface area contributed by atoms with Crippen LogP contribution in [0.3, 0.4) is 0 Å². The Morgan fingerprint density at radius 3 is 2.58 bits per heavy atom. The molecule has 0 bridgehead atoms. The first-order valence-electron chi connectivity index (χ1n) is 7.70. The summed E-state index contributed by atoms with van der Waals surface area (Å²) in [6.45, 7) is 3.17. The molecule has 2 aromatic carbocycles. The Morgan fingerprint density at radius 2 is 1.88 bits per heavy atom. The van der Waals surface area contributed by atoms with E-state index in [-0.39, 0.29) is 11.9 Å². The number of carbonyl (C=O) groups is 1. The molecule has 1 amide bonds. The van der Waals surface area contributed by atoms with Crippen molar-refractivity contribution in [2.75, 3.05) is 13.2 Å². The summed E-state index contributed by atoms with van der Waals surface area (Å²) >= 11 is 9.64. The highest BCUT2D eigenvalue weighted by molar-refractivity contribution is 9.10. The van der Waals surface area contributed by atoms with Crippen LogP contribution in [0.15, 0.2) is 40.9 Å². The van der Waals surface area contributed by atoms with Crippen LogP contribution < -0.4 is 14.8 Å². The van der Waals surface area contributed by atoms with Gasteiger partial charge in [-0.15, -0.1) is 0 Å². The maximum atomic E-state index is 12.4. The Labute approximate surface area is 154 Å². The highest BCUT2D eigenvalue weighted by atomic mass is 79.9. The van der Waals surface area contributed by atoms with Gasteiger partial charge in [0, 0.05) is 10.9 Å². The number of carbonyl (C=O) groups excluding carboxylic acids is 1. The number of hydrogen-bond donors (Lipinski definition) is 1. The van der Waals surface area contributed by atoms with E-state index in [0.717, 1.165) is 16.5 Å². The van der Waals surface area contributed by atoms with Crippen LogP contribution in [0.5, 0.6) is 11.5 Å². The number of halogens is 2. The van der Waals surface area contributed by atoms with Crippen molar-refractivity contribution < 1.29 is 14.3 Å². The lowest BCUT2D eigenvalue weighted by molar-refractivity contribution is 0.0940. The summed E-state index contributed by atoms with van der Waals surface area (Å²) < 4.78 is 12.3. The Balaban J connectivity index is 1.82. The van der Waals surface area contributed by atoms with Gasteiger partial charge in [-0.1, -0.05) is 39.7 Å². The van der Waals surface area contributed by atoms with Crippen molar-refractivity contribution >= 4 is 33.4 Å². The second kappa shape index (κ2) is 7.45. The van der Waals surface area contributed by atoms with Crippen LogP contribution in [-0.4, -0.2) is 19.1 Å². The molecule has 0 saturated carbocycles. The van der Waals surface area contributed by atoms with E-state index >= 15 is 0 Å². The van der Waals surface area contributed by atoms with Crippen molar-refractivity contribution in [2.45, 2.75) is 19.4 Å². The number of nitrogens with one attached hydrogen (secondary N) is 1. The lowest BCUT2D eigenvalue weighted by Crippen LogP contribution is -2.27. The zero-order valence-electron chi connectivity index (χ0n) is 13.1. The fourth-order valence-corrected chi connectivity index (χ4v) is 3.42. The molecule has 0 saturated heterocycles. The van der Waals surface area contributed by atoms with Gasteiger partial charge in [-0.05, 0) is 36.8 Å². The van der Waals surface area contributed by atoms with Crippen LogP contribution in [0.2, 0.25) is 5.02 Å². The summed E-state index contributed by atoms with van der Waals surface area (Å²) in [7, 11) is 0. The van der Waals surface area contributed by atoms with Gasteiger partial charge in [-0.2, -0.15) is 0 Å². The predicted octanol–water partition coefficient (Wildman–Crippen LogP) is 4.75. The second-order valence-electron chi connectivity index (χ2n) is 5.55. The minimum Gasteiger partial charge on any atom is -0.490 e. The van der Waals surface area contributed by atoms with E-state index in [9.17, 15) is 4.79 Å². The Hall–Kier alpha value is -1.72. The van der Waals surface area contributed by atoms with Crippen LogP contribution in [0.4, 0.5) is 0 Å². The summed E-state index contributed by atoms with van der Waals surface area (Å²) in [5.74, 6) is 1.20. The molecule has 6 heteroatoms. The number of benzene rings is 2. The van der Waals surface area contributed by atoms with Gasteiger partial charge in [-0.3, -0.25) is 4.79 Å². The molecule has 3 rings (SSSR count). The van der Waals surface area contributed by atoms with Crippen LogP contribution in [0.25, 0.3) is 0 Å². The monoisotopic (exact) mass is 409 g/mol. The van der Waals surface area contributed by atoms with Crippen molar-refractivity contribution in [1.82, 2.24) is 5.32 Å². The largest absolute Gasteiger partial charge is 0.490 e. The third-order valence-electron chi connectivity index (χ3n) is 3.80. The van der Waals surface area contributed by atoms with Crippen molar-refractivity contribution in [3.63, 3.8) is 0 Å². The summed E-state index contributed by atoms with van der Waals surface area (Å²) in [4.78, 5) is 12.4. The number of rotatable bonds is 3. The standard InChI is InChI=1S/C18H17BrClNO3/c1-11(21-18(22)12-5-2-3-6-15(12)20)13-9-16-17(10-14(13)19)24-8-4-7-23-16/h2-3,5-6,9-11H,4,7-8H2,1H3,(H,21,22)/t11-/m0/s1. The summed E-state index contributed by atoms with van der Waals surface area (Å²) in [6.07, 6.45) is 0.848. The minimum atomic E-state index is -0.222. The number of ether oxygens (including phenoxy) is 2. The van der Waals surface area contributed by atoms with E-state index in [2.05, 4.69) is 21.2 Å². The molecule has 2 aromatic rings. The summed E-state index contributed by atoms with van der Waals surface area (Å²) in [5.41, 5.74) is 1.37. The van der Waals surface area contributed by atoms with Gasteiger partial charge in [0.1, 0.15) is 0 Å². The molecule has 0 unspecified atom stereocenters. The first-order chi connectivity index (χ1) is 11.6.